The maximum Gasteiger partial charge on any atom is 0.0948 e. The van der Waals surface area contributed by atoms with E-state index >= 15 is 0 Å². The predicted molar refractivity (Wildman–Crippen MR) is 61.9 cm³/mol. The van der Waals surface area contributed by atoms with Crippen molar-refractivity contribution < 1.29 is 9.84 Å². The zero-order valence-electron chi connectivity index (χ0n) is 10.2. The first-order chi connectivity index (χ1) is 7.17. The van der Waals surface area contributed by atoms with E-state index in [2.05, 4.69) is 26.1 Å². The van der Waals surface area contributed by atoms with Crippen LogP contribution in [0.4, 0.5) is 0 Å². The topological polar surface area (TPSA) is 41.5 Å². The van der Waals surface area contributed by atoms with Crippen LogP contribution in [-0.4, -0.2) is 36.5 Å². The lowest BCUT2D eigenvalue weighted by atomic mass is 9.97. The first kappa shape index (κ1) is 12.9. The number of rotatable bonds is 6. The summed E-state index contributed by atoms with van der Waals surface area (Å²) < 4.78 is 5.23. The summed E-state index contributed by atoms with van der Waals surface area (Å²) in [5.41, 5.74) is 0. The fourth-order valence-electron chi connectivity index (χ4n) is 2.01. The summed E-state index contributed by atoms with van der Waals surface area (Å²) in [6.45, 7) is 7.84. The summed E-state index contributed by atoms with van der Waals surface area (Å²) in [7, 11) is 0. The van der Waals surface area contributed by atoms with E-state index in [-0.39, 0.29) is 12.1 Å². The molecule has 1 aliphatic rings. The summed E-state index contributed by atoms with van der Waals surface area (Å²) in [4.78, 5) is 0. The Labute approximate surface area is 93.2 Å². The van der Waals surface area contributed by atoms with E-state index in [0.717, 1.165) is 12.3 Å². The molecular formula is C12H25NO2. The second-order valence-electron chi connectivity index (χ2n) is 4.73. The average molecular weight is 215 g/mol. The van der Waals surface area contributed by atoms with Crippen LogP contribution in [0.3, 0.4) is 0 Å². The summed E-state index contributed by atoms with van der Waals surface area (Å²) >= 11 is 0. The molecule has 0 bridgehead atoms. The first-order valence-corrected chi connectivity index (χ1v) is 6.19. The molecule has 4 atom stereocenters. The normalized spacial score (nSPS) is 30.4. The van der Waals surface area contributed by atoms with Crippen molar-refractivity contribution in [3.8, 4) is 0 Å². The molecule has 0 aromatic carbocycles. The summed E-state index contributed by atoms with van der Waals surface area (Å²) in [6.07, 6.45) is 3.21. The SMILES string of the molecule is CCC(C)CC(CC)NC1COCC1O. The van der Waals surface area contributed by atoms with E-state index in [0.29, 0.717) is 19.3 Å². The number of aliphatic hydroxyl groups is 1. The highest BCUT2D eigenvalue weighted by molar-refractivity contribution is 4.84. The molecular weight excluding hydrogens is 190 g/mol. The van der Waals surface area contributed by atoms with E-state index < -0.39 is 0 Å². The van der Waals surface area contributed by atoms with E-state index in [1.807, 2.05) is 0 Å². The fraction of sp³-hybridized carbons (Fsp3) is 1.00. The second-order valence-corrected chi connectivity index (χ2v) is 4.73. The molecule has 0 amide bonds. The third kappa shape index (κ3) is 4.09. The van der Waals surface area contributed by atoms with Gasteiger partial charge >= 0.3 is 0 Å². The highest BCUT2D eigenvalue weighted by Gasteiger charge is 2.27. The monoisotopic (exact) mass is 215 g/mol. The van der Waals surface area contributed by atoms with Crippen LogP contribution in [0.25, 0.3) is 0 Å². The fourth-order valence-corrected chi connectivity index (χ4v) is 2.01. The van der Waals surface area contributed by atoms with Gasteiger partial charge in [-0.1, -0.05) is 27.2 Å². The lowest BCUT2D eigenvalue weighted by Gasteiger charge is -2.25. The van der Waals surface area contributed by atoms with Gasteiger partial charge in [0, 0.05) is 6.04 Å². The summed E-state index contributed by atoms with van der Waals surface area (Å²) in [5.74, 6) is 0.752. The lowest BCUT2D eigenvalue weighted by Crippen LogP contribution is -2.45. The molecule has 4 unspecified atom stereocenters. The van der Waals surface area contributed by atoms with Gasteiger partial charge in [0.2, 0.25) is 0 Å². The molecule has 1 saturated heterocycles. The van der Waals surface area contributed by atoms with Crippen LogP contribution in [0, 0.1) is 5.92 Å². The number of aliphatic hydroxyl groups excluding tert-OH is 1. The van der Waals surface area contributed by atoms with Crippen molar-refractivity contribution in [1.29, 1.82) is 0 Å². The Balaban J connectivity index is 2.32. The third-order valence-electron chi connectivity index (χ3n) is 3.38. The Bertz CT molecular complexity index is 175. The minimum Gasteiger partial charge on any atom is -0.389 e. The molecule has 1 rings (SSSR count). The van der Waals surface area contributed by atoms with Gasteiger partial charge in [-0.15, -0.1) is 0 Å². The highest BCUT2D eigenvalue weighted by Crippen LogP contribution is 2.14. The molecule has 0 aliphatic carbocycles. The van der Waals surface area contributed by atoms with Gasteiger partial charge < -0.3 is 15.2 Å². The predicted octanol–water partition coefficient (Wildman–Crippen LogP) is 1.55. The standard InChI is InChI=1S/C12H25NO2/c1-4-9(3)6-10(5-2)13-11-7-15-8-12(11)14/h9-14H,4-8H2,1-3H3. The van der Waals surface area contributed by atoms with Crippen LogP contribution >= 0.6 is 0 Å². The molecule has 3 heteroatoms. The molecule has 1 aliphatic heterocycles. The molecule has 0 spiro atoms. The third-order valence-corrected chi connectivity index (χ3v) is 3.38. The molecule has 0 aromatic rings. The van der Waals surface area contributed by atoms with Gasteiger partial charge in [-0.2, -0.15) is 0 Å². The van der Waals surface area contributed by atoms with Gasteiger partial charge in [0.05, 0.1) is 25.4 Å². The van der Waals surface area contributed by atoms with Crippen molar-refractivity contribution in [2.75, 3.05) is 13.2 Å². The van der Waals surface area contributed by atoms with Gasteiger partial charge in [0.15, 0.2) is 0 Å². The van der Waals surface area contributed by atoms with Crippen molar-refractivity contribution in [2.24, 2.45) is 5.92 Å². The minimum atomic E-state index is -0.323. The highest BCUT2D eigenvalue weighted by atomic mass is 16.5. The molecule has 0 radical (unpaired) electrons. The second kappa shape index (κ2) is 6.46. The van der Waals surface area contributed by atoms with Crippen molar-refractivity contribution in [3.63, 3.8) is 0 Å². The molecule has 3 nitrogen and oxygen atoms in total. The van der Waals surface area contributed by atoms with Crippen molar-refractivity contribution in [2.45, 2.75) is 58.2 Å². The average Bonchev–Trinajstić information content (AvgIpc) is 2.63. The van der Waals surface area contributed by atoms with Crippen molar-refractivity contribution >= 4 is 0 Å². The van der Waals surface area contributed by atoms with Gasteiger partial charge in [0.1, 0.15) is 0 Å². The Morgan fingerprint density at radius 3 is 2.53 bits per heavy atom. The largest absolute Gasteiger partial charge is 0.389 e. The molecule has 0 saturated carbocycles. The zero-order chi connectivity index (χ0) is 11.3. The minimum absolute atomic E-state index is 0.138. The Hall–Kier alpha value is -0.120. The molecule has 1 fully saturated rings. The van der Waals surface area contributed by atoms with E-state index in [1.165, 1.54) is 12.8 Å². The van der Waals surface area contributed by atoms with E-state index in [4.69, 9.17) is 4.74 Å². The van der Waals surface area contributed by atoms with Crippen LogP contribution in [0.2, 0.25) is 0 Å². The van der Waals surface area contributed by atoms with Crippen LogP contribution in [-0.2, 0) is 4.74 Å². The number of nitrogens with one attached hydrogen (secondary N) is 1. The number of ether oxygens (including phenoxy) is 1. The van der Waals surface area contributed by atoms with E-state index in [9.17, 15) is 5.11 Å². The number of hydrogen-bond acceptors (Lipinski definition) is 3. The van der Waals surface area contributed by atoms with Gasteiger partial charge in [-0.05, 0) is 18.8 Å². The summed E-state index contributed by atoms with van der Waals surface area (Å²) in [6, 6.07) is 0.653. The smallest absolute Gasteiger partial charge is 0.0948 e. The van der Waals surface area contributed by atoms with Gasteiger partial charge in [0.25, 0.3) is 0 Å². The van der Waals surface area contributed by atoms with Gasteiger partial charge in [-0.25, -0.2) is 0 Å². The Morgan fingerprint density at radius 1 is 1.33 bits per heavy atom. The van der Waals surface area contributed by atoms with Gasteiger partial charge in [-0.3, -0.25) is 0 Å². The first-order valence-electron chi connectivity index (χ1n) is 6.19. The Kier molecular flexibility index (Phi) is 5.58. The maximum absolute atomic E-state index is 9.64. The van der Waals surface area contributed by atoms with Crippen LogP contribution < -0.4 is 5.32 Å². The van der Waals surface area contributed by atoms with Crippen LogP contribution in [0.15, 0.2) is 0 Å². The quantitative estimate of drug-likeness (QED) is 0.706. The number of hydrogen-bond donors (Lipinski definition) is 2. The summed E-state index contributed by atoms with van der Waals surface area (Å²) in [5, 5.41) is 13.1. The van der Waals surface area contributed by atoms with Crippen LogP contribution in [0.1, 0.15) is 40.0 Å². The zero-order valence-corrected chi connectivity index (χ0v) is 10.2. The van der Waals surface area contributed by atoms with Crippen LogP contribution in [0.5, 0.6) is 0 Å². The molecule has 1 heterocycles. The lowest BCUT2D eigenvalue weighted by molar-refractivity contribution is 0.120. The Morgan fingerprint density at radius 2 is 2.07 bits per heavy atom. The van der Waals surface area contributed by atoms with Crippen molar-refractivity contribution in [1.82, 2.24) is 5.32 Å². The maximum atomic E-state index is 9.64. The van der Waals surface area contributed by atoms with Crippen molar-refractivity contribution in [3.05, 3.63) is 0 Å². The molecule has 0 aromatic heterocycles. The molecule has 2 N–H and O–H groups in total. The van der Waals surface area contributed by atoms with E-state index in [1.54, 1.807) is 0 Å². The molecule has 90 valence electrons. The molecule has 15 heavy (non-hydrogen) atoms.